The maximum atomic E-state index is 13.7. The maximum absolute atomic E-state index is 13.7. The minimum absolute atomic E-state index is 0.108. The van der Waals surface area contributed by atoms with E-state index in [1.807, 2.05) is 0 Å². The van der Waals surface area contributed by atoms with E-state index in [1.165, 1.54) is 11.7 Å². The van der Waals surface area contributed by atoms with E-state index < -0.39 is 28.6 Å². The van der Waals surface area contributed by atoms with Gasteiger partial charge < -0.3 is 14.4 Å². The van der Waals surface area contributed by atoms with E-state index in [0.717, 1.165) is 23.9 Å². The van der Waals surface area contributed by atoms with Gasteiger partial charge in [0.15, 0.2) is 11.6 Å². The van der Waals surface area contributed by atoms with Crippen LogP contribution in [0.3, 0.4) is 0 Å². The number of carboxylic acids is 1. The number of carbonyl (C=O) groups is 1. The van der Waals surface area contributed by atoms with Crippen LogP contribution in [0.5, 0.6) is 5.75 Å². The maximum Gasteiger partial charge on any atom is 0.341 e. The molecule has 0 aliphatic carbocycles. The lowest BCUT2D eigenvalue weighted by Gasteiger charge is -2.13. The second kappa shape index (κ2) is 6.35. The smallest absolute Gasteiger partial charge is 0.341 e. The molecule has 0 aliphatic rings. The van der Waals surface area contributed by atoms with Gasteiger partial charge in [-0.05, 0) is 23.8 Å². The lowest BCUT2D eigenvalue weighted by molar-refractivity contribution is 0.0695. The highest BCUT2D eigenvalue weighted by Crippen LogP contribution is 2.20. The average Bonchev–Trinajstić information content (AvgIpc) is 2.59. The number of aromatic nitrogens is 1. The molecule has 0 fully saturated rings. The lowest BCUT2D eigenvalue weighted by atomic mass is 10.1. The number of aromatic carboxylic acids is 1. The standard InChI is InChI=1S/C18H13F2NO4/c1-25-11-4-2-3-10(5-11)8-21-9-13(18(23)24)17(22)12-6-14(19)15(20)7-16(12)21/h2-7,9H,8H2,1H3,(H,23,24). The van der Waals surface area contributed by atoms with Gasteiger partial charge in [-0.1, -0.05) is 12.1 Å². The zero-order valence-corrected chi connectivity index (χ0v) is 13.1. The van der Waals surface area contributed by atoms with Crippen LogP contribution in [0, 0.1) is 11.6 Å². The molecule has 0 radical (unpaired) electrons. The summed E-state index contributed by atoms with van der Waals surface area (Å²) in [7, 11) is 1.51. The first kappa shape index (κ1) is 16.6. The SMILES string of the molecule is COc1cccc(Cn2cc(C(=O)O)c(=O)c3cc(F)c(F)cc32)c1. The van der Waals surface area contributed by atoms with Crippen LogP contribution in [0.15, 0.2) is 47.4 Å². The summed E-state index contributed by atoms with van der Waals surface area (Å²) in [6, 6.07) is 8.60. The van der Waals surface area contributed by atoms with Crippen molar-refractivity contribution in [2.75, 3.05) is 7.11 Å². The van der Waals surface area contributed by atoms with E-state index in [-0.39, 0.29) is 17.4 Å². The molecule has 0 saturated heterocycles. The molecule has 0 saturated carbocycles. The summed E-state index contributed by atoms with van der Waals surface area (Å²) in [5.74, 6) is -3.16. The molecule has 1 heterocycles. The Balaban J connectivity index is 2.25. The molecule has 128 valence electrons. The van der Waals surface area contributed by atoms with Gasteiger partial charge in [0, 0.05) is 24.2 Å². The third-order valence-corrected chi connectivity index (χ3v) is 3.84. The van der Waals surface area contributed by atoms with Crippen molar-refractivity contribution in [2.45, 2.75) is 6.54 Å². The number of pyridine rings is 1. The van der Waals surface area contributed by atoms with Crippen molar-refractivity contribution in [3.05, 3.63) is 75.6 Å². The second-order valence-electron chi connectivity index (χ2n) is 5.44. The highest BCUT2D eigenvalue weighted by Gasteiger charge is 2.17. The van der Waals surface area contributed by atoms with Crippen molar-refractivity contribution < 1.29 is 23.4 Å². The molecular weight excluding hydrogens is 332 g/mol. The zero-order valence-electron chi connectivity index (χ0n) is 13.1. The molecule has 0 atom stereocenters. The van der Waals surface area contributed by atoms with E-state index in [4.69, 9.17) is 4.74 Å². The molecule has 3 aromatic rings. The zero-order chi connectivity index (χ0) is 18.1. The molecular formula is C18H13F2NO4. The van der Waals surface area contributed by atoms with Crippen LogP contribution in [-0.4, -0.2) is 22.8 Å². The van der Waals surface area contributed by atoms with Crippen LogP contribution in [0.25, 0.3) is 10.9 Å². The van der Waals surface area contributed by atoms with Crippen LogP contribution < -0.4 is 10.2 Å². The molecule has 5 nitrogen and oxygen atoms in total. The van der Waals surface area contributed by atoms with E-state index in [9.17, 15) is 23.5 Å². The molecule has 2 aromatic carbocycles. The first-order valence-electron chi connectivity index (χ1n) is 7.29. The predicted octanol–water partition coefficient (Wildman–Crippen LogP) is 3.03. The molecule has 0 amide bonds. The number of fused-ring (bicyclic) bond motifs is 1. The van der Waals surface area contributed by atoms with E-state index in [0.29, 0.717) is 5.75 Å². The second-order valence-corrected chi connectivity index (χ2v) is 5.44. The topological polar surface area (TPSA) is 68.5 Å². The van der Waals surface area contributed by atoms with Crippen molar-refractivity contribution >= 4 is 16.9 Å². The highest BCUT2D eigenvalue weighted by atomic mass is 19.2. The number of hydrogen-bond acceptors (Lipinski definition) is 3. The number of ether oxygens (including phenoxy) is 1. The van der Waals surface area contributed by atoms with Gasteiger partial charge in [0.2, 0.25) is 5.43 Å². The van der Waals surface area contributed by atoms with Gasteiger partial charge in [0.05, 0.1) is 12.6 Å². The Morgan fingerprint density at radius 1 is 1.20 bits per heavy atom. The molecule has 3 rings (SSSR count). The molecule has 1 N–H and O–H groups in total. The Bertz CT molecular complexity index is 1040. The number of nitrogens with zero attached hydrogens (tertiary/aromatic N) is 1. The lowest BCUT2D eigenvalue weighted by Crippen LogP contribution is -2.19. The third kappa shape index (κ3) is 3.08. The Morgan fingerprint density at radius 3 is 2.60 bits per heavy atom. The van der Waals surface area contributed by atoms with Crippen molar-refractivity contribution in [1.82, 2.24) is 4.57 Å². The minimum Gasteiger partial charge on any atom is -0.497 e. The van der Waals surface area contributed by atoms with Gasteiger partial charge in [-0.15, -0.1) is 0 Å². The van der Waals surface area contributed by atoms with Crippen LogP contribution in [0.4, 0.5) is 8.78 Å². The number of benzene rings is 2. The predicted molar refractivity (Wildman–Crippen MR) is 87.2 cm³/mol. The van der Waals surface area contributed by atoms with Gasteiger partial charge in [-0.25, -0.2) is 13.6 Å². The average molecular weight is 345 g/mol. The molecule has 0 bridgehead atoms. The summed E-state index contributed by atoms with van der Waals surface area (Å²) in [5, 5.41) is 9.03. The van der Waals surface area contributed by atoms with Crippen molar-refractivity contribution in [3.8, 4) is 5.75 Å². The van der Waals surface area contributed by atoms with E-state index in [1.54, 1.807) is 24.3 Å². The van der Waals surface area contributed by atoms with Crippen LogP contribution >= 0.6 is 0 Å². The van der Waals surface area contributed by atoms with Gasteiger partial charge >= 0.3 is 5.97 Å². The largest absolute Gasteiger partial charge is 0.497 e. The number of hydrogen-bond donors (Lipinski definition) is 1. The molecule has 7 heteroatoms. The molecule has 0 unspecified atom stereocenters. The summed E-state index contributed by atoms with van der Waals surface area (Å²) >= 11 is 0. The fourth-order valence-electron chi connectivity index (χ4n) is 2.64. The summed E-state index contributed by atoms with van der Waals surface area (Å²) in [5.41, 5.74) is -0.521. The Labute approximate surface area is 140 Å². The number of rotatable bonds is 4. The Morgan fingerprint density at radius 2 is 1.92 bits per heavy atom. The van der Waals surface area contributed by atoms with Gasteiger partial charge in [0.1, 0.15) is 11.3 Å². The fraction of sp³-hybridized carbons (Fsp3) is 0.111. The molecule has 25 heavy (non-hydrogen) atoms. The third-order valence-electron chi connectivity index (χ3n) is 3.84. The minimum atomic E-state index is -1.43. The monoisotopic (exact) mass is 345 g/mol. The van der Waals surface area contributed by atoms with E-state index >= 15 is 0 Å². The quantitative estimate of drug-likeness (QED) is 0.789. The van der Waals surface area contributed by atoms with Gasteiger partial charge in [-0.3, -0.25) is 4.79 Å². The van der Waals surface area contributed by atoms with E-state index in [2.05, 4.69) is 0 Å². The summed E-state index contributed by atoms with van der Waals surface area (Å²) in [6.07, 6.45) is 1.13. The first-order chi connectivity index (χ1) is 11.9. The number of halogens is 2. The first-order valence-corrected chi connectivity index (χ1v) is 7.29. The van der Waals surface area contributed by atoms with Crippen LogP contribution in [0.1, 0.15) is 15.9 Å². The molecule has 1 aromatic heterocycles. The van der Waals surface area contributed by atoms with Crippen LogP contribution in [-0.2, 0) is 6.54 Å². The van der Waals surface area contributed by atoms with Gasteiger partial charge in [0.25, 0.3) is 0 Å². The number of carboxylic acid groups (broad SMARTS) is 1. The normalized spacial score (nSPS) is 10.8. The molecule has 0 spiro atoms. The summed E-state index contributed by atoms with van der Waals surface area (Å²) in [4.78, 5) is 23.6. The van der Waals surface area contributed by atoms with Crippen molar-refractivity contribution in [3.63, 3.8) is 0 Å². The molecule has 0 aliphatic heterocycles. The fourth-order valence-corrected chi connectivity index (χ4v) is 2.64. The number of methoxy groups -OCH3 is 1. The van der Waals surface area contributed by atoms with Crippen molar-refractivity contribution in [1.29, 1.82) is 0 Å². The van der Waals surface area contributed by atoms with Crippen molar-refractivity contribution in [2.24, 2.45) is 0 Å². The summed E-state index contributed by atoms with van der Waals surface area (Å²) in [6.45, 7) is 0.152. The highest BCUT2D eigenvalue weighted by molar-refractivity contribution is 5.92. The summed E-state index contributed by atoms with van der Waals surface area (Å²) < 4.78 is 33.7. The van der Waals surface area contributed by atoms with Crippen LogP contribution in [0.2, 0.25) is 0 Å². The van der Waals surface area contributed by atoms with Gasteiger partial charge in [-0.2, -0.15) is 0 Å². The Hall–Kier alpha value is -3.22. The Kier molecular flexibility index (Phi) is 4.22.